The maximum atomic E-state index is 9.72. The number of aryl methyl sites for hydroxylation is 2. The Kier molecular flexibility index (Phi) is 10.9. The SMILES string of the molecule is CCCCCCc1cc(B(O)O)c(CCCCCC)cc1O[B]O. The monoisotopic (exact) mass is 333 g/mol. The molecule has 0 aliphatic carbocycles. The average Bonchev–Trinajstić information content (AvgIpc) is 2.57. The largest absolute Gasteiger partial charge is 0.569 e. The van der Waals surface area contributed by atoms with Gasteiger partial charge in [-0.2, -0.15) is 0 Å². The van der Waals surface area contributed by atoms with Gasteiger partial charge in [0, 0.05) is 0 Å². The van der Waals surface area contributed by atoms with Gasteiger partial charge in [0.2, 0.25) is 0 Å². The molecule has 1 aromatic rings. The first-order chi connectivity index (χ1) is 11.6. The lowest BCUT2D eigenvalue weighted by atomic mass is 9.74. The van der Waals surface area contributed by atoms with Crippen LogP contribution < -0.4 is 10.1 Å². The lowest BCUT2D eigenvalue weighted by molar-refractivity contribution is 0.425. The Hall–Kier alpha value is -0.970. The minimum atomic E-state index is -1.48. The molecule has 1 aromatic carbocycles. The standard InChI is InChI=1S/C18H31B2O4/c1-3-5-7-9-11-15-14-18(24-19-21)16(12-10-8-6-4-2)13-17(15)20(22)23/h13-14,21-23H,3-12H2,1-2H3. The normalized spacial score (nSPS) is 10.7. The Labute approximate surface area is 147 Å². The van der Waals surface area contributed by atoms with E-state index in [1.807, 2.05) is 12.1 Å². The summed E-state index contributed by atoms with van der Waals surface area (Å²) >= 11 is 0. The van der Waals surface area contributed by atoms with Gasteiger partial charge in [0.1, 0.15) is 5.75 Å². The third-order valence-electron chi connectivity index (χ3n) is 4.38. The van der Waals surface area contributed by atoms with Gasteiger partial charge in [-0.15, -0.1) is 0 Å². The molecule has 0 aromatic heterocycles. The number of hydrogen-bond donors (Lipinski definition) is 3. The number of hydrogen-bond acceptors (Lipinski definition) is 4. The van der Waals surface area contributed by atoms with Crippen molar-refractivity contribution in [1.82, 2.24) is 0 Å². The van der Waals surface area contributed by atoms with Crippen molar-refractivity contribution >= 4 is 20.3 Å². The van der Waals surface area contributed by atoms with Crippen LogP contribution in [0.15, 0.2) is 12.1 Å². The molecule has 1 radical (unpaired) electrons. The highest BCUT2D eigenvalue weighted by atomic mass is 16.5. The summed E-state index contributed by atoms with van der Waals surface area (Å²) in [5.74, 6) is 0.615. The minimum Gasteiger partial charge on any atom is -0.537 e. The van der Waals surface area contributed by atoms with Crippen molar-refractivity contribution in [2.75, 3.05) is 0 Å². The van der Waals surface area contributed by atoms with Crippen molar-refractivity contribution < 1.29 is 19.7 Å². The van der Waals surface area contributed by atoms with Gasteiger partial charge in [0.25, 0.3) is 0 Å². The van der Waals surface area contributed by atoms with Crippen molar-refractivity contribution in [1.29, 1.82) is 0 Å². The van der Waals surface area contributed by atoms with E-state index in [1.165, 1.54) is 25.7 Å². The van der Waals surface area contributed by atoms with Gasteiger partial charge in [-0.25, -0.2) is 0 Å². The summed E-state index contributed by atoms with van der Waals surface area (Å²) < 4.78 is 5.26. The first-order valence-corrected chi connectivity index (χ1v) is 9.28. The molecule has 0 spiro atoms. The fraction of sp³-hybridized carbons (Fsp3) is 0.667. The maximum Gasteiger partial charge on any atom is 0.569 e. The van der Waals surface area contributed by atoms with Gasteiger partial charge in [-0.05, 0) is 48.3 Å². The van der Waals surface area contributed by atoms with Crippen LogP contribution in [0, 0.1) is 0 Å². The van der Waals surface area contributed by atoms with Crippen LogP contribution in [0.4, 0.5) is 0 Å². The number of benzene rings is 1. The second-order valence-corrected chi connectivity index (χ2v) is 6.38. The zero-order valence-electron chi connectivity index (χ0n) is 15.1. The zero-order valence-corrected chi connectivity index (χ0v) is 15.1. The van der Waals surface area contributed by atoms with Crippen molar-refractivity contribution in [3.05, 3.63) is 23.3 Å². The average molecular weight is 333 g/mol. The predicted octanol–water partition coefficient (Wildman–Crippen LogP) is 2.52. The van der Waals surface area contributed by atoms with Gasteiger partial charge in [0.15, 0.2) is 0 Å². The molecule has 0 amide bonds. The number of unbranched alkanes of at least 4 members (excludes halogenated alkanes) is 6. The van der Waals surface area contributed by atoms with E-state index < -0.39 is 7.12 Å². The summed E-state index contributed by atoms with van der Waals surface area (Å²) in [6.07, 6.45) is 10.6. The molecule has 3 N–H and O–H groups in total. The molecule has 0 saturated heterocycles. The summed E-state index contributed by atoms with van der Waals surface area (Å²) in [6, 6.07) is 3.67. The second-order valence-electron chi connectivity index (χ2n) is 6.38. The van der Waals surface area contributed by atoms with Gasteiger partial charge >= 0.3 is 14.8 Å². The van der Waals surface area contributed by atoms with E-state index in [0.29, 0.717) is 18.9 Å². The van der Waals surface area contributed by atoms with Crippen LogP contribution in [-0.4, -0.2) is 29.9 Å². The zero-order chi connectivity index (χ0) is 17.8. The molecule has 0 aliphatic heterocycles. The molecular weight excluding hydrogens is 302 g/mol. The molecule has 0 fully saturated rings. The van der Waals surface area contributed by atoms with E-state index in [2.05, 4.69) is 13.8 Å². The van der Waals surface area contributed by atoms with E-state index in [4.69, 9.17) is 9.68 Å². The first-order valence-electron chi connectivity index (χ1n) is 9.28. The van der Waals surface area contributed by atoms with E-state index in [0.717, 1.165) is 49.7 Å². The van der Waals surface area contributed by atoms with Crippen molar-refractivity contribution in [2.45, 2.75) is 78.1 Å². The van der Waals surface area contributed by atoms with Gasteiger partial charge in [-0.1, -0.05) is 58.4 Å². The molecule has 6 heteroatoms. The van der Waals surface area contributed by atoms with Crippen LogP contribution in [0.25, 0.3) is 0 Å². The molecule has 24 heavy (non-hydrogen) atoms. The molecular formula is C18H31B2O4. The molecule has 0 aliphatic rings. The highest BCUT2D eigenvalue weighted by molar-refractivity contribution is 6.59. The Morgan fingerprint density at radius 3 is 1.96 bits per heavy atom. The molecule has 4 nitrogen and oxygen atoms in total. The van der Waals surface area contributed by atoms with Crippen LogP contribution in [0.2, 0.25) is 0 Å². The fourth-order valence-corrected chi connectivity index (χ4v) is 2.99. The van der Waals surface area contributed by atoms with E-state index in [1.54, 1.807) is 0 Å². The van der Waals surface area contributed by atoms with Crippen LogP contribution in [-0.2, 0) is 12.8 Å². The Balaban J connectivity index is 2.91. The molecule has 0 heterocycles. The van der Waals surface area contributed by atoms with E-state index >= 15 is 0 Å². The highest BCUT2D eigenvalue weighted by Gasteiger charge is 2.19. The van der Waals surface area contributed by atoms with Crippen molar-refractivity contribution in [3.8, 4) is 5.75 Å². The third kappa shape index (κ3) is 7.29. The minimum absolute atomic E-state index is 0.558. The molecule has 133 valence electrons. The fourth-order valence-electron chi connectivity index (χ4n) is 2.99. The predicted molar refractivity (Wildman–Crippen MR) is 101 cm³/mol. The summed E-state index contributed by atoms with van der Waals surface area (Å²) in [5.41, 5.74) is 2.36. The molecule has 0 atom stereocenters. The summed E-state index contributed by atoms with van der Waals surface area (Å²) in [5, 5.41) is 28.5. The molecule has 0 bridgehead atoms. The maximum absolute atomic E-state index is 9.72. The van der Waals surface area contributed by atoms with Crippen LogP contribution in [0.3, 0.4) is 0 Å². The molecule has 0 unspecified atom stereocenters. The lowest BCUT2D eigenvalue weighted by Gasteiger charge is -2.16. The second kappa shape index (κ2) is 12.4. The van der Waals surface area contributed by atoms with Crippen molar-refractivity contribution in [2.24, 2.45) is 0 Å². The first kappa shape index (κ1) is 21.1. The van der Waals surface area contributed by atoms with Gasteiger partial charge in [0.05, 0.1) is 0 Å². The highest BCUT2D eigenvalue weighted by Crippen LogP contribution is 2.23. The Morgan fingerprint density at radius 1 is 0.875 bits per heavy atom. The summed E-state index contributed by atoms with van der Waals surface area (Å²) in [7, 11) is -0.784. The summed E-state index contributed by atoms with van der Waals surface area (Å²) in [6.45, 7) is 4.34. The van der Waals surface area contributed by atoms with Crippen molar-refractivity contribution in [3.63, 3.8) is 0 Å². The quantitative estimate of drug-likeness (QED) is 0.383. The van der Waals surface area contributed by atoms with Gasteiger partial charge in [-0.3, -0.25) is 0 Å². The molecule has 0 saturated carbocycles. The summed E-state index contributed by atoms with van der Waals surface area (Å²) in [4.78, 5) is 0. The van der Waals surface area contributed by atoms with Crippen LogP contribution in [0.5, 0.6) is 5.75 Å². The molecule has 1 rings (SSSR count). The lowest BCUT2D eigenvalue weighted by Crippen LogP contribution is -2.33. The smallest absolute Gasteiger partial charge is 0.537 e. The number of rotatable bonds is 13. The third-order valence-corrected chi connectivity index (χ3v) is 4.38. The topological polar surface area (TPSA) is 69.9 Å². The Bertz CT molecular complexity index is 467. The van der Waals surface area contributed by atoms with Crippen LogP contribution in [0.1, 0.15) is 76.3 Å². The van der Waals surface area contributed by atoms with Gasteiger partial charge < -0.3 is 19.7 Å². The van der Waals surface area contributed by atoms with Crippen LogP contribution >= 0.6 is 0 Å². The van der Waals surface area contributed by atoms with E-state index in [-0.39, 0.29) is 0 Å². The van der Waals surface area contributed by atoms with E-state index in [9.17, 15) is 10.0 Å². The Morgan fingerprint density at radius 2 is 1.46 bits per heavy atom.